The number of carbonyl (C=O) groups is 5. The van der Waals surface area contributed by atoms with E-state index >= 15 is 0 Å². The Bertz CT molecular complexity index is 681. The molecule has 2 fully saturated rings. The van der Waals surface area contributed by atoms with Crippen molar-refractivity contribution in [2.45, 2.75) is 31.5 Å². The van der Waals surface area contributed by atoms with Crippen molar-refractivity contribution in [2.24, 2.45) is 0 Å². The summed E-state index contributed by atoms with van der Waals surface area (Å²) in [6.07, 6.45) is -0.418. The van der Waals surface area contributed by atoms with E-state index in [0.29, 0.717) is 5.06 Å². The molecule has 2 aliphatic heterocycles. The van der Waals surface area contributed by atoms with Crippen molar-refractivity contribution in [1.82, 2.24) is 15.7 Å². The third kappa shape index (κ3) is 4.14. The number of nitrogens with one attached hydrogen (secondary N) is 2. The minimum Gasteiger partial charge on any atom is -0.477 e. The third-order valence-corrected chi connectivity index (χ3v) is 4.37. The van der Waals surface area contributed by atoms with Crippen LogP contribution in [0.25, 0.3) is 0 Å². The first-order valence-corrected chi connectivity index (χ1v) is 8.45. The average molecular weight is 387 g/mol. The van der Waals surface area contributed by atoms with E-state index in [-0.39, 0.29) is 36.1 Å². The first kappa shape index (κ1) is 19.7. The fourth-order valence-electron chi connectivity index (χ4n) is 2.37. The van der Waals surface area contributed by atoms with Crippen molar-refractivity contribution in [2.75, 3.05) is 12.4 Å². The van der Waals surface area contributed by atoms with Crippen molar-refractivity contribution in [1.29, 1.82) is 0 Å². The molecule has 0 bridgehead atoms. The maximum Gasteiger partial charge on any atom is 0.372 e. The Hall–Kier alpha value is -2.60. The molecule has 2 aliphatic rings. The van der Waals surface area contributed by atoms with Gasteiger partial charge in [0.05, 0.1) is 17.2 Å². The van der Waals surface area contributed by atoms with E-state index in [1.54, 1.807) is 0 Å². The number of carboxylic acid groups (broad SMARTS) is 1. The standard InChI is InChI=1S/C14H17N3O8S/c1-7(18)15-8(2)26-6-10(19)16-9-5-24-17(12(9)21)14(13(22)23)4-3-11(20)25-14/h9H,2-6H2,1H3,(H,15,18)(H,16,19)(H,22,23)/t9-,14?/m0/s1. The minimum absolute atomic E-state index is 0.123. The van der Waals surface area contributed by atoms with Gasteiger partial charge in [0.1, 0.15) is 12.6 Å². The second-order valence-corrected chi connectivity index (χ2v) is 6.58. The molecule has 0 aromatic rings. The fraction of sp³-hybridized carbons (Fsp3) is 0.500. The summed E-state index contributed by atoms with van der Waals surface area (Å²) < 4.78 is 4.81. The van der Waals surface area contributed by atoms with Crippen LogP contribution < -0.4 is 10.6 Å². The number of hydrogen-bond donors (Lipinski definition) is 3. The Morgan fingerprint density at radius 3 is 2.65 bits per heavy atom. The number of thioether (sulfide) groups is 1. The van der Waals surface area contributed by atoms with Gasteiger partial charge in [0.15, 0.2) is 0 Å². The smallest absolute Gasteiger partial charge is 0.372 e. The summed E-state index contributed by atoms with van der Waals surface area (Å²) in [5.74, 6) is -4.13. The first-order chi connectivity index (χ1) is 12.2. The van der Waals surface area contributed by atoms with Crippen LogP contribution in [-0.2, 0) is 33.5 Å². The lowest BCUT2D eigenvalue weighted by Crippen LogP contribution is -2.56. The molecule has 26 heavy (non-hydrogen) atoms. The van der Waals surface area contributed by atoms with Crippen LogP contribution in [-0.4, -0.2) is 64.0 Å². The lowest BCUT2D eigenvalue weighted by atomic mass is 10.1. The number of cyclic esters (lactones) is 1. The van der Waals surface area contributed by atoms with E-state index in [9.17, 15) is 29.1 Å². The predicted octanol–water partition coefficient (Wildman–Crippen LogP) is -1.30. The van der Waals surface area contributed by atoms with Gasteiger partial charge in [0.2, 0.25) is 11.8 Å². The van der Waals surface area contributed by atoms with Gasteiger partial charge in [-0.05, 0) is 0 Å². The molecule has 3 N–H and O–H groups in total. The molecule has 0 aromatic carbocycles. The van der Waals surface area contributed by atoms with E-state index in [4.69, 9.17) is 9.57 Å². The second-order valence-electron chi connectivity index (χ2n) is 5.51. The highest BCUT2D eigenvalue weighted by atomic mass is 32.2. The molecule has 2 atom stereocenters. The molecule has 11 nitrogen and oxygen atoms in total. The van der Waals surface area contributed by atoms with E-state index < -0.39 is 35.5 Å². The SMILES string of the molecule is C=C(NC(C)=O)SCC(=O)N[C@H]1CON(C2(C(=O)O)CCC(=O)O2)C1=O. The number of esters is 1. The lowest BCUT2D eigenvalue weighted by Gasteiger charge is -2.30. The molecular formula is C14H17N3O8S. The quantitative estimate of drug-likeness (QED) is 0.453. The Kier molecular flexibility index (Phi) is 5.87. The van der Waals surface area contributed by atoms with Gasteiger partial charge in [-0.3, -0.25) is 24.0 Å². The number of carbonyl (C=O) groups excluding carboxylic acids is 4. The number of ether oxygens (including phenoxy) is 1. The van der Waals surface area contributed by atoms with Gasteiger partial charge in [-0.1, -0.05) is 18.3 Å². The summed E-state index contributed by atoms with van der Waals surface area (Å²) in [5, 5.41) is 14.9. The molecule has 2 saturated heterocycles. The van der Waals surface area contributed by atoms with Crippen LogP contribution >= 0.6 is 11.8 Å². The molecule has 0 spiro atoms. The third-order valence-electron chi connectivity index (χ3n) is 3.51. The molecule has 0 saturated carbocycles. The topological polar surface area (TPSA) is 151 Å². The van der Waals surface area contributed by atoms with E-state index in [2.05, 4.69) is 17.2 Å². The average Bonchev–Trinajstić information content (AvgIpc) is 3.09. The summed E-state index contributed by atoms with van der Waals surface area (Å²) in [4.78, 5) is 63.1. The fourth-order valence-corrected chi connectivity index (χ4v) is 2.98. The van der Waals surface area contributed by atoms with Crippen molar-refractivity contribution in [3.63, 3.8) is 0 Å². The summed E-state index contributed by atoms with van der Waals surface area (Å²) in [7, 11) is 0. The maximum atomic E-state index is 12.4. The molecule has 0 radical (unpaired) electrons. The molecule has 2 rings (SSSR count). The zero-order valence-corrected chi connectivity index (χ0v) is 14.6. The summed E-state index contributed by atoms with van der Waals surface area (Å²) in [6, 6.07) is -1.12. The molecule has 2 heterocycles. The van der Waals surface area contributed by atoms with Crippen LogP contribution in [0.5, 0.6) is 0 Å². The van der Waals surface area contributed by atoms with Gasteiger partial charge in [-0.15, -0.1) is 0 Å². The zero-order chi connectivity index (χ0) is 19.5. The molecule has 3 amide bonds. The van der Waals surface area contributed by atoms with Gasteiger partial charge < -0.3 is 20.5 Å². The van der Waals surface area contributed by atoms with Gasteiger partial charge in [0, 0.05) is 13.3 Å². The number of hydroxylamine groups is 2. The second kappa shape index (κ2) is 7.74. The summed E-state index contributed by atoms with van der Waals surface area (Å²) >= 11 is 0.960. The molecular weight excluding hydrogens is 370 g/mol. The van der Waals surface area contributed by atoms with Gasteiger partial charge in [0.25, 0.3) is 5.91 Å². The first-order valence-electron chi connectivity index (χ1n) is 7.46. The van der Waals surface area contributed by atoms with E-state index in [1.807, 2.05) is 0 Å². The highest BCUT2D eigenvalue weighted by Crippen LogP contribution is 2.34. The number of carboxylic acids is 1. The van der Waals surface area contributed by atoms with E-state index in [0.717, 1.165) is 11.8 Å². The minimum atomic E-state index is -2.22. The van der Waals surface area contributed by atoms with Gasteiger partial charge in [-0.2, -0.15) is 5.06 Å². The molecule has 1 unspecified atom stereocenters. The highest BCUT2D eigenvalue weighted by Gasteiger charge is 2.59. The number of amides is 3. The van der Waals surface area contributed by atoms with Gasteiger partial charge >= 0.3 is 17.7 Å². The van der Waals surface area contributed by atoms with Crippen molar-refractivity contribution < 1.29 is 38.7 Å². The number of rotatable bonds is 7. The Balaban J connectivity index is 1.93. The van der Waals surface area contributed by atoms with Crippen LogP contribution in [0.3, 0.4) is 0 Å². The number of hydrogen-bond acceptors (Lipinski definition) is 8. The van der Waals surface area contributed by atoms with Crippen molar-refractivity contribution in [3.8, 4) is 0 Å². The summed E-state index contributed by atoms with van der Waals surface area (Å²) in [6.45, 7) is 4.55. The zero-order valence-electron chi connectivity index (χ0n) is 13.8. The maximum absolute atomic E-state index is 12.4. The number of nitrogens with zero attached hydrogens (tertiary/aromatic N) is 1. The van der Waals surface area contributed by atoms with Crippen LogP contribution in [0, 0.1) is 0 Å². The van der Waals surface area contributed by atoms with Crippen molar-refractivity contribution >= 4 is 41.4 Å². The summed E-state index contributed by atoms with van der Waals surface area (Å²) in [5.41, 5.74) is -2.22. The Morgan fingerprint density at radius 2 is 2.12 bits per heavy atom. The lowest BCUT2D eigenvalue weighted by molar-refractivity contribution is -0.256. The largest absolute Gasteiger partial charge is 0.477 e. The van der Waals surface area contributed by atoms with Gasteiger partial charge in [-0.25, -0.2) is 4.79 Å². The number of aliphatic carboxylic acids is 1. The van der Waals surface area contributed by atoms with Crippen LogP contribution in [0.1, 0.15) is 19.8 Å². The van der Waals surface area contributed by atoms with E-state index in [1.165, 1.54) is 6.92 Å². The highest BCUT2D eigenvalue weighted by molar-refractivity contribution is 8.03. The predicted molar refractivity (Wildman–Crippen MR) is 85.8 cm³/mol. The Morgan fingerprint density at radius 1 is 1.42 bits per heavy atom. The van der Waals surface area contributed by atoms with Crippen LogP contribution in [0.4, 0.5) is 0 Å². The van der Waals surface area contributed by atoms with Crippen LogP contribution in [0.15, 0.2) is 11.6 Å². The monoisotopic (exact) mass is 387 g/mol. The van der Waals surface area contributed by atoms with Crippen LogP contribution in [0.2, 0.25) is 0 Å². The van der Waals surface area contributed by atoms with Crippen molar-refractivity contribution in [3.05, 3.63) is 11.6 Å². The molecule has 142 valence electrons. The normalized spacial score (nSPS) is 25.0. The Labute approximate surface area is 152 Å². The molecule has 0 aromatic heterocycles. The molecule has 12 heteroatoms. The molecule has 0 aliphatic carbocycles.